The number of carbonyl (C=O) groups excluding carboxylic acids is 1. The van der Waals surface area contributed by atoms with Gasteiger partial charge < -0.3 is 10.6 Å². The second-order valence-corrected chi connectivity index (χ2v) is 5.76. The number of likely N-dealkylation sites (tertiary alicyclic amines) is 1. The largest absolute Gasteiger partial charge is 0.338 e. The Morgan fingerprint density at radius 3 is 2.72 bits per heavy atom. The van der Waals surface area contributed by atoms with E-state index in [1.54, 1.807) is 0 Å². The van der Waals surface area contributed by atoms with Crippen LogP contribution in [0.5, 0.6) is 0 Å². The zero-order valence-electron chi connectivity index (χ0n) is 12.3. The Kier molecular flexibility index (Phi) is 6.69. The quantitative estimate of drug-likeness (QED) is 0.792. The van der Waals surface area contributed by atoms with Crippen LogP contribution in [0.1, 0.15) is 59.3 Å². The average Bonchev–Trinajstić information content (AvgIpc) is 2.43. The van der Waals surface area contributed by atoms with Gasteiger partial charge in [0.25, 0.3) is 0 Å². The third-order valence-corrected chi connectivity index (χ3v) is 4.37. The molecule has 3 atom stereocenters. The number of carbonyl (C=O) groups is 1. The van der Waals surface area contributed by atoms with Crippen molar-refractivity contribution in [1.82, 2.24) is 4.90 Å². The summed E-state index contributed by atoms with van der Waals surface area (Å²) in [5.74, 6) is 1.25. The lowest BCUT2D eigenvalue weighted by molar-refractivity contribution is -0.139. The van der Waals surface area contributed by atoms with Crippen molar-refractivity contribution in [3.8, 4) is 0 Å². The molecular weight excluding hydrogens is 224 g/mol. The minimum absolute atomic E-state index is 0.164. The van der Waals surface area contributed by atoms with Gasteiger partial charge >= 0.3 is 0 Å². The number of piperidine rings is 1. The van der Waals surface area contributed by atoms with Crippen LogP contribution < -0.4 is 5.73 Å². The van der Waals surface area contributed by atoms with E-state index in [0.29, 0.717) is 12.5 Å². The molecule has 1 fully saturated rings. The summed E-state index contributed by atoms with van der Waals surface area (Å²) in [5, 5.41) is 0. The molecule has 1 aliphatic rings. The summed E-state index contributed by atoms with van der Waals surface area (Å²) >= 11 is 0. The minimum atomic E-state index is 0.164. The van der Waals surface area contributed by atoms with Crippen LogP contribution >= 0.6 is 0 Å². The fourth-order valence-electron chi connectivity index (χ4n) is 2.94. The lowest BCUT2D eigenvalue weighted by Crippen LogP contribution is -2.51. The van der Waals surface area contributed by atoms with Gasteiger partial charge in [0.15, 0.2) is 0 Å². The highest BCUT2D eigenvalue weighted by atomic mass is 16.2. The molecular formula is C15H30N2O. The highest BCUT2D eigenvalue weighted by Gasteiger charge is 2.31. The van der Waals surface area contributed by atoms with Gasteiger partial charge in [-0.1, -0.05) is 40.0 Å². The van der Waals surface area contributed by atoms with Gasteiger partial charge in [0.1, 0.15) is 0 Å². The Morgan fingerprint density at radius 1 is 1.44 bits per heavy atom. The molecule has 3 heteroatoms. The fourth-order valence-corrected chi connectivity index (χ4v) is 2.94. The first-order chi connectivity index (χ1) is 8.63. The van der Waals surface area contributed by atoms with E-state index in [0.717, 1.165) is 44.6 Å². The van der Waals surface area contributed by atoms with Gasteiger partial charge in [0, 0.05) is 25.0 Å². The number of hydrogen-bond donors (Lipinski definition) is 1. The van der Waals surface area contributed by atoms with Crippen LogP contribution in [0.25, 0.3) is 0 Å². The summed E-state index contributed by atoms with van der Waals surface area (Å²) in [6.45, 7) is 8.00. The molecule has 3 nitrogen and oxygen atoms in total. The maximum atomic E-state index is 12.4. The summed E-state index contributed by atoms with van der Waals surface area (Å²) in [7, 11) is 0. The molecule has 0 aromatic heterocycles. The van der Waals surface area contributed by atoms with E-state index in [9.17, 15) is 4.79 Å². The number of nitrogens with two attached hydrogens (primary N) is 1. The van der Waals surface area contributed by atoms with Crippen molar-refractivity contribution >= 4 is 5.91 Å². The molecule has 0 aromatic carbocycles. The third kappa shape index (κ3) is 3.98. The van der Waals surface area contributed by atoms with E-state index in [-0.39, 0.29) is 12.0 Å². The van der Waals surface area contributed by atoms with Crippen LogP contribution in [-0.2, 0) is 4.79 Å². The first-order valence-corrected chi connectivity index (χ1v) is 7.64. The first kappa shape index (κ1) is 15.5. The molecule has 0 bridgehead atoms. The molecule has 2 N–H and O–H groups in total. The van der Waals surface area contributed by atoms with Gasteiger partial charge in [0.05, 0.1) is 0 Å². The van der Waals surface area contributed by atoms with Crippen molar-refractivity contribution in [3.63, 3.8) is 0 Å². The predicted molar refractivity (Wildman–Crippen MR) is 76.3 cm³/mol. The second-order valence-electron chi connectivity index (χ2n) is 5.76. The molecule has 1 saturated heterocycles. The van der Waals surface area contributed by atoms with Crippen LogP contribution in [0, 0.1) is 11.8 Å². The monoisotopic (exact) mass is 254 g/mol. The number of rotatable bonds is 6. The molecule has 3 unspecified atom stereocenters. The van der Waals surface area contributed by atoms with Gasteiger partial charge in [-0.05, 0) is 25.2 Å². The average molecular weight is 254 g/mol. The van der Waals surface area contributed by atoms with E-state index >= 15 is 0 Å². The molecule has 0 radical (unpaired) electrons. The maximum Gasteiger partial charge on any atom is 0.225 e. The fraction of sp³-hybridized carbons (Fsp3) is 0.933. The molecule has 1 heterocycles. The first-order valence-electron chi connectivity index (χ1n) is 7.64. The van der Waals surface area contributed by atoms with Crippen molar-refractivity contribution < 1.29 is 4.79 Å². The molecule has 1 aliphatic heterocycles. The molecule has 0 aliphatic carbocycles. The molecule has 0 saturated carbocycles. The number of amides is 1. The van der Waals surface area contributed by atoms with E-state index in [1.807, 2.05) is 0 Å². The normalized spacial score (nSPS) is 26.1. The van der Waals surface area contributed by atoms with E-state index in [2.05, 4.69) is 25.7 Å². The van der Waals surface area contributed by atoms with Gasteiger partial charge in [-0.15, -0.1) is 0 Å². The molecule has 18 heavy (non-hydrogen) atoms. The van der Waals surface area contributed by atoms with Crippen molar-refractivity contribution in [1.29, 1.82) is 0 Å². The van der Waals surface area contributed by atoms with Crippen LogP contribution in [-0.4, -0.2) is 29.9 Å². The summed E-state index contributed by atoms with van der Waals surface area (Å²) < 4.78 is 0. The van der Waals surface area contributed by atoms with Gasteiger partial charge in [0.2, 0.25) is 5.91 Å². The lowest BCUT2D eigenvalue weighted by Gasteiger charge is -2.40. The summed E-state index contributed by atoms with van der Waals surface area (Å²) in [6, 6.07) is 0.278. The molecule has 1 rings (SSSR count). The van der Waals surface area contributed by atoms with Crippen LogP contribution in [0.3, 0.4) is 0 Å². The molecule has 0 spiro atoms. The van der Waals surface area contributed by atoms with Gasteiger partial charge in [-0.25, -0.2) is 0 Å². The highest BCUT2D eigenvalue weighted by Crippen LogP contribution is 2.26. The lowest BCUT2D eigenvalue weighted by atomic mass is 9.88. The summed E-state index contributed by atoms with van der Waals surface area (Å²) in [4.78, 5) is 14.5. The smallest absolute Gasteiger partial charge is 0.225 e. The highest BCUT2D eigenvalue weighted by molar-refractivity contribution is 5.79. The zero-order valence-corrected chi connectivity index (χ0v) is 12.3. The number of hydrogen-bond acceptors (Lipinski definition) is 2. The van der Waals surface area contributed by atoms with Crippen LogP contribution in [0.2, 0.25) is 0 Å². The number of unbranched alkanes of at least 4 members (excludes halogenated alkanes) is 1. The van der Waals surface area contributed by atoms with Crippen molar-refractivity contribution in [2.75, 3.05) is 13.1 Å². The van der Waals surface area contributed by atoms with E-state index < -0.39 is 0 Å². The Hall–Kier alpha value is -0.570. The van der Waals surface area contributed by atoms with Crippen LogP contribution in [0.15, 0.2) is 0 Å². The Bertz CT molecular complexity index is 255. The Balaban J connectivity index is 2.55. The predicted octanol–water partition coefficient (Wildman–Crippen LogP) is 2.79. The Labute approximate surface area is 112 Å². The van der Waals surface area contributed by atoms with E-state index in [4.69, 9.17) is 5.73 Å². The maximum absolute atomic E-state index is 12.4. The molecule has 1 amide bonds. The standard InChI is InChI=1S/C15H30N2O/c1-4-6-7-12(3)15(18)17-9-8-13(5-2)10-14(17)11-16/h12-14H,4-11,16H2,1-3H3. The summed E-state index contributed by atoms with van der Waals surface area (Å²) in [5.41, 5.74) is 5.85. The Morgan fingerprint density at radius 2 is 2.17 bits per heavy atom. The van der Waals surface area contributed by atoms with Crippen molar-refractivity contribution in [3.05, 3.63) is 0 Å². The third-order valence-electron chi connectivity index (χ3n) is 4.37. The number of nitrogens with zero attached hydrogens (tertiary/aromatic N) is 1. The van der Waals surface area contributed by atoms with Gasteiger partial charge in [-0.3, -0.25) is 4.79 Å². The van der Waals surface area contributed by atoms with E-state index in [1.165, 1.54) is 6.42 Å². The second kappa shape index (κ2) is 7.78. The van der Waals surface area contributed by atoms with Crippen molar-refractivity contribution in [2.24, 2.45) is 17.6 Å². The zero-order chi connectivity index (χ0) is 13.5. The van der Waals surface area contributed by atoms with Crippen molar-refractivity contribution in [2.45, 2.75) is 65.3 Å². The SMILES string of the molecule is CCCCC(C)C(=O)N1CCC(CC)CC1CN. The van der Waals surface area contributed by atoms with Gasteiger partial charge in [-0.2, -0.15) is 0 Å². The topological polar surface area (TPSA) is 46.3 Å². The summed E-state index contributed by atoms with van der Waals surface area (Å²) in [6.07, 6.45) is 6.78. The molecule has 106 valence electrons. The molecule has 0 aromatic rings. The minimum Gasteiger partial charge on any atom is -0.338 e. The van der Waals surface area contributed by atoms with Crippen LogP contribution in [0.4, 0.5) is 0 Å².